The minimum absolute atomic E-state index is 0.256. The molecule has 0 aliphatic heterocycles. The van der Waals surface area contributed by atoms with Crippen molar-refractivity contribution in [1.82, 2.24) is 4.98 Å². The first-order valence-corrected chi connectivity index (χ1v) is 6.40. The van der Waals surface area contributed by atoms with Crippen molar-refractivity contribution in [2.24, 2.45) is 10.2 Å². The molecule has 1 N–H and O–H groups in total. The van der Waals surface area contributed by atoms with E-state index in [9.17, 15) is 8.42 Å². The summed E-state index contributed by atoms with van der Waals surface area (Å²) in [5.41, 5.74) is 0.665. The third kappa shape index (κ3) is 3.19. The van der Waals surface area contributed by atoms with E-state index in [4.69, 9.17) is 4.55 Å². The number of azo groups is 1. The number of hydrogen-bond acceptors (Lipinski definition) is 5. The van der Waals surface area contributed by atoms with Gasteiger partial charge in [0, 0.05) is 0 Å². The van der Waals surface area contributed by atoms with Gasteiger partial charge in [-0.15, -0.1) is 10.2 Å². The quantitative estimate of drug-likeness (QED) is 0.680. The second kappa shape index (κ2) is 5.03. The fourth-order valence-electron chi connectivity index (χ4n) is 1.19. The molecule has 1 aromatic carbocycles. The van der Waals surface area contributed by atoms with E-state index >= 15 is 0 Å². The highest BCUT2D eigenvalue weighted by atomic mass is 32.2. The van der Waals surface area contributed by atoms with E-state index in [2.05, 4.69) is 15.2 Å². The molecule has 0 spiro atoms. The van der Waals surface area contributed by atoms with Gasteiger partial charge in [0.2, 0.25) is 0 Å². The van der Waals surface area contributed by atoms with E-state index < -0.39 is 10.1 Å². The van der Waals surface area contributed by atoms with Crippen LogP contribution in [0.25, 0.3) is 0 Å². The Hall–Kier alpha value is -2.12. The molecule has 0 aliphatic rings. The van der Waals surface area contributed by atoms with Crippen LogP contribution in [0.4, 0.5) is 11.5 Å². The number of pyridine rings is 1. The molecule has 0 amide bonds. The van der Waals surface area contributed by atoms with Crippen molar-refractivity contribution in [2.75, 3.05) is 0 Å². The molecule has 0 fully saturated rings. The van der Waals surface area contributed by atoms with Crippen LogP contribution in [0.3, 0.4) is 0 Å². The average molecular weight is 263 g/mol. The van der Waals surface area contributed by atoms with Crippen molar-refractivity contribution in [2.45, 2.75) is 4.90 Å². The van der Waals surface area contributed by atoms with Gasteiger partial charge in [0.25, 0.3) is 10.1 Å². The Morgan fingerprint density at radius 2 is 1.72 bits per heavy atom. The molecule has 7 heteroatoms. The highest BCUT2D eigenvalue weighted by Crippen LogP contribution is 2.17. The van der Waals surface area contributed by atoms with Gasteiger partial charge < -0.3 is 0 Å². The highest BCUT2D eigenvalue weighted by molar-refractivity contribution is 7.85. The predicted octanol–water partition coefficient (Wildman–Crippen LogP) is 2.74. The van der Waals surface area contributed by atoms with Crippen molar-refractivity contribution in [3.63, 3.8) is 0 Å². The van der Waals surface area contributed by atoms with Crippen molar-refractivity contribution in [1.29, 1.82) is 0 Å². The Bertz CT molecular complexity index is 652. The summed E-state index contributed by atoms with van der Waals surface area (Å²) in [6, 6.07) is 11.6. The lowest BCUT2D eigenvalue weighted by molar-refractivity contribution is 0.483. The zero-order valence-electron chi connectivity index (χ0n) is 9.13. The number of hydrogen-bond donors (Lipinski definition) is 1. The van der Waals surface area contributed by atoms with Gasteiger partial charge in [0.05, 0.1) is 11.9 Å². The van der Waals surface area contributed by atoms with Gasteiger partial charge in [0.1, 0.15) is 4.90 Å². The molecule has 92 valence electrons. The molecule has 2 aromatic rings. The predicted molar refractivity (Wildman–Crippen MR) is 64.7 cm³/mol. The first kappa shape index (κ1) is 12.3. The molecule has 0 aliphatic carbocycles. The number of nitrogens with zero attached hydrogens (tertiary/aromatic N) is 3. The number of rotatable bonds is 3. The van der Waals surface area contributed by atoms with Gasteiger partial charge in [-0.3, -0.25) is 4.55 Å². The van der Waals surface area contributed by atoms with Crippen molar-refractivity contribution in [3.8, 4) is 0 Å². The molecule has 1 heterocycles. The molecule has 0 atom stereocenters. The zero-order chi connectivity index (χ0) is 13.0. The average Bonchev–Trinajstić information content (AvgIpc) is 2.37. The van der Waals surface area contributed by atoms with Gasteiger partial charge in [-0.1, -0.05) is 18.2 Å². The molecule has 0 bridgehead atoms. The third-order valence-corrected chi connectivity index (χ3v) is 2.88. The fraction of sp³-hybridized carbons (Fsp3) is 0. The van der Waals surface area contributed by atoms with Gasteiger partial charge in [0.15, 0.2) is 5.82 Å². The maximum absolute atomic E-state index is 10.8. The monoisotopic (exact) mass is 263 g/mol. The summed E-state index contributed by atoms with van der Waals surface area (Å²) in [4.78, 5) is 3.48. The second-order valence-corrected chi connectivity index (χ2v) is 4.78. The van der Waals surface area contributed by atoms with Gasteiger partial charge in [-0.25, -0.2) is 4.98 Å². The Kier molecular flexibility index (Phi) is 3.45. The summed E-state index contributed by atoms with van der Waals surface area (Å²) in [6.07, 6.45) is 1.02. The topological polar surface area (TPSA) is 92.0 Å². The molecule has 6 nitrogen and oxygen atoms in total. The molecular formula is C11H9N3O3S. The maximum atomic E-state index is 10.8. The minimum atomic E-state index is -4.22. The molecule has 0 unspecified atom stereocenters. The minimum Gasteiger partial charge on any atom is -0.282 e. The Balaban J connectivity index is 2.19. The smallest absolute Gasteiger partial charge is 0.282 e. The molecule has 1 aromatic heterocycles. The van der Waals surface area contributed by atoms with Crippen LogP contribution in [0.15, 0.2) is 63.8 Å². The van der Waals surface area contributed by atoms with E-state index in [0.29, 0.717) is 5.69 Å². The molecule has 0 saturated carbocycles. The Morgan fingerprint density at radius 1 is 1.00 bits per heavy atom. The van der Waals surface area contributed by atoms with Crippen LogP contribution < -0.4 is 0 Å². The first-order chi connectivity index (χ1) is 8.55. The van der Waals surface area contributed by atoms with Crippen LogP contribution in [0, 0.1) is 0 Å². The van der Waals surface area contributed by atoms with E-state index in [1.54, 1.807) is 12.1 Å². The van der Waals surface area contributed by atoms with E-state index in [-0.39, 0.29) is 10.7 Å². The van der Waals surface area contributed by atoms with Crippen LogP contribution in [0.1, 0.15) is 0 Å². The van der Waals surface area contributed by atoms with Crippen molar-refractivity contribution >= 4 is 21.6 Å². The fourth-order valence-corrected chi connectivity index (χ4v) is 1.61. The maximum Gasteiger partial charge on any atom is 0.296 e. The van der Waals surface area contributed by atoms with Crippen LogP contribution in [-0.2, 0) is 10.1 Å². The van der Waals surface area contributed by atoms with Crippen LogP contribution >= 0.6 is 0 Å². The van der Waals surface area contributed by atoms with Crippen LogP contribution in [0.5, 0.6) is 0 Å². The summed E-state index contributed by atoms with van der Waals surface area (Å²) >= 11 is 0. The first-order valence-electron chi connectivity index (χ1n) is 4.96. The second-order valence-electron chi connectivity index (χ2n) is 3.36. The van der Waals surface area contributed by atoms with Gasteiger partial charge >= 0.3 is 0 Å². The third-order valence-electron chi connectivity index (χ3n) is 2.04. The molecule has 0 radical (unpaired) electrons. The normalized spacial score (nSPS) is 11.8. The van der Waals surface area contributed by atoms with Crippen LogP contribution in [-0.4, -0.2) is 18.0 Å². The van der Waals surface area contributed by atoms with E-state index in [0.717, 1.165) is 6.20 Å². The van der Waals surface area contributed by atoms with Crippen molar-refractivity contribution in [3.05, 3.63) is 48.7 Å². The molecule has 2 rings (SSSR count). The number of benzene rings is 1. The summed E-state index contributed by atoms with van der Waals surface area (Å²) < 4.78 is 30.3. The van der Waals surface area contributed by atoms with Crippen LogP contribution in [0.2, 0.25) is 0 Å². The Morgan fingerprint density at radius 3 is 2.28 bits per heavy atom. The SMILES string of the molecule is O=S(=O)(O)c1ccc(N=Nc2ccccc2)nc1. The molecule has 18 heavy (non-hydrogen) atoms. The lowest BCUT2D eigenvalue weighted by Gasteiger charge is -1.96. The standard InChI is InChI=1S/C11H9N3O3S/c15-18(16,17)10-6-7-11(12-8-10)14-13-9-4-2-1-3-5-9/h1-8H,(H,15,16,17). The summed E-state index contributed by atoms with van der Waals surface area (Å²) in [6.45, 7) is 0. The summed E-state index contributed by atoms with van der Waals surface area (Å²) in [7, 11) is -4.22. The summed E-state index contributed by atoms with van der Waals surface area (Å²) in [5.74, 6) is 0.256. The molecule has 0 saturated heterocycles. The van der Waals surface area contributed by atoms with E-state index in [1.807, 2.05) is 18.2 Å². The lowest BCUT2D eigenvalue weighted by atomic mass is 10.3. The lowest BCUT2D eigenvalue weighted by Crippen LogP contribution is -1.97. The summed E-state index contributed by atoms with van der Waals surface area (Å²) in [5, 5.41) is 7.76. The Labute approximate surface area is 104 Å². The zero-order valence-corrected chi connectivity index (χ0v) is 9.95. The highest BCUT2D eigenvalue weighted by Gasteiger charge is 2.08. The van der Waals surface area contributed by atoms with Gasteiger partial charge in [-0.2, -0.15) is 8.42 Å². The largest absolute Gasteiger partial charge is 0.296 e. The number of aromatic nitrogens is 1. The van der Waals surface area contributed by atoms with E-state index in [1.165, 1.54) is 12.1 Å². The van der Waals surface area contributed by atoms with Gasteiger partial charge in [-0.05, 0) is 24.3 Å². The van der Waals surface area contributed by atoms with Crippen molar-refractivity contribution < 1.29 is 13.0 Å². The molecular weight excluding hydrogens is 254 g/mol.